The van der Waals surface area contributed by atoms with Crippen LogP contribution < -0.4 is 18.9 Å². The third kappa shape index (κ3) is 10.7. The molecule has 3 fully saturated rings. The molecule has 3 heterocycles. The molecular weight excluding hydrogens is 844 g/mol. The van der Waals surface area contributed by atoms with Crippen LogP contribution >= 0.6 is 0 Å². The van der Waals surface area contributed by atoms with E-state index < -0.39 is 73.7 Å². The molecule has 1 aromatic heterocycles. The number of carbonyl (C=O) groups is 4. The van der Waals surface area contributed by atoms with Gasteiger partial charge in [0.05, 0.1) is 59.7 Å². The Balaban J connectivity index is 1.27. The van der Waals surface area contributed by atoms with Crippen molar-refractivity contribution in [1.29, 1.82) is 0 Å². The summed E-state index contributed by atoms with van der Waals surface area (Å²) >= 11 is 0. The summed E-state index contributed by atoms with van der Waals surface area (Å²) in [5.74, 6) is -3.32. The second-order valence-electron chi connectivity index (χ2n) is 19.5. The molecular formula is C48H61FN4O10S. The van der Waals surface area contributed by atoms with Gasteiger partial charge in [0.25, 0.3) is 0 Å². The van der Waals surface area contributed by atoms with Crippen LogP contribution in [0.1, 0.15) is 106 Å². The Kier molecular flexibility index (Phi) is 13.5. The maximum absolute atomic E-state index is 15.4. The van der Waals surface area contributed by atoms with E-state index in [-0.39, 0.29) is 78.9 Å². The summed E-state index contributed by atoms with van der Waals surface area (Å²) in [6.07, 6.45) is 5.70. The number of methoxy groups -OCH3 is 1. The van der Waals surface area contributed by atoms with Gasteiger partial charge in [-0.25, -0.2) is 17.8 Å². The van der Waals surface area contributed by atoms with Crippen LogP contribution in [0.3, 0.4) is 0 Å². The van der Waals surface area contributed by atoms with E-state index >= 15 is 9.18 Å². The number of hydrogen-bond donors (Lipinski definition) is 1. The summed E-state index contributed by atoms with van der Waals surface area (Å²) < 4.78 is 67.2. The highest BCUT2D eigenvalue weighted by Crippen LogP contribution is 2.57. The lowest BCUT2D eigenvalue weighted by atomic mass is 9.82. The van der Waals surface area contributed by atoms with Gasteiger partial charge in [-0.1, -0.05) is 26.0 Å². The molecule has 64 heavy (non-hydrogen) atoms. The SMILES string of the molecule is COc1cc2nc(-c3ccc(OC(C)C)cc3)nc(O[C@@H]3C[C@H]4C(=O)C[C@]5(C(=O)NS(=O)(=O)C6CC6)C[C@H]5/C=C\CC[C@H](C)C[C@@H](C)[C@H](CC(=O)OC(C)(C)C)C(=O)N4C3)c2cc1F. The van der Waals surface area contributed by atoms with Crippen molar-refractivity contribution in [3.05, 3.63) is 54.4 Å². The zero-order chi connectivity index (χ0) is 46.3. The highest BCUT2D eigenvalue weighted by molar-refractivity contribution is 7.90. The monoisotopic (exact) mass is 904 g/mol. The van der Waals surface area contributed by atoms with Crippen LogP contribution in [0.4, 0.5) is 4.39 Å². The van der Waals surface area contributed by atoms with Crippen LogP contribution in [0, 0.1) is 34.9 Å². The lowest BCUT2D eigenvalue weighted by molar-refractivity contribution is -0.160. The molecule has 2 aliphatic carbocycles. The molecule has 346 valence electrons. The number of nitrogens with zero attached hydrogens (tertiary/aromatic N) is 3. The van der Waals surface area contributed by atoms with Crippen molar-refractivity contribution < 1.29 is 50.9 Å². The van der Waals surface area contributed by atoms with Crippen LogP contribution in [0.15, 0.2) is 48.6 Å². The first kappa shape index (κ1) is 46.9. The molecule has 0 unspecified atom stereocenters. The average Bonchev–Trinajstić information content (AvgIpc) is 4.14. The molecule has 1 N–H and O–H groups in total. The predicted molar refractivity (Wildman–Crippen MR) is 237 cm³/mol. The molecule has 16 heteroatoms. The van der Waals surface area contributed by atoms with Crippen molar-refractivity contribution in [2.45, 2.75) is 135 Å². The van der Waals surface area contributed by atoms with E-state index in [0.29, 0.717) is 42.5 Å². The van der Waals surface area contributed by atoms with Gasteiger partial charge in [-0.05, 0) is 121 Å². The fraction of sp³-hybridized carbons (Fsp3) is 0.583. The van der Waals surface area contributed by atoms with E-state index in [1.807, 2.05) is 32.9 Å². The van der Waals surface area contributed by atoms with E-state index in [1.54, 1.807) is 45.0 Å². The lowest BCUT2D eigenvalue weighted by Gasteiger charge is -2.32. The van der Waals surface area contributed by atoms with E-state index in [0.717, 1.165) is 6.42 Å². The van der Waals surface area contributed by atoms with Crippen LogP contribution in [0.5, 0.6) is 17.4 Å². The number of allylic oxidation sites excluding steroid dienone is 2. The van der Waals surface area contributed by atoms with E-state index in [9.17, 15) is 22.8 Å². The fourth-order valence-corrected chi connectivity index (χ4v) is 10.5. The Labute approximate surface area is 375 Å². The number of ketones is 1. The minimum absolute atomic E-state index is 0.0118. The number of fused-ring (bicyclic) bond motifs is 3. The van der Waals surface area contributed by atoms with E-state index in [1.165, 1.54) is 24.1 Å². The van der Waals surface area contributed by atoms with Gasteiger partial charge in [0.1, 0.15) is 17.5 Å². The van der Waals surface area contributed by atoms with Gasteiger partial charge in [-0.3, -0.25) is 23.9 Å². The first-order valence-electron chi connectivity index (χ1n) is 22.4. The summed E-state index contributed by atoms with van der Waals surface area (Å²) in [6, 6.07) is 8.72. The Hall–Kier alpha value is -5.12. The van der Waals surface area contributed by atoms with Crippen LogP contribution in [-0.4, -0.2) is 89.6 Å². The van der Waals surface area contributed by atoms with Gasteiger partial charge in [-0.2, -0.15) is 4.98 Å². The normalized spacial score (nSPS) is 27.2. The van der Waals surface area contributed by atoms with Gasteiger partial charge in [-0.15, -0.1) is 0 Å². The van der Waals surface area contributed by atoms with E-state index in [4.69, 9.17) is 28.9 Å². The number of benzene rings is 2. The number of rotatable bonds is 11. The Bertz CT molecular complexity index is 2410. The number of esters is 1. The maximum atomic E-state index is 15.4. The topological polar surface area (TPSA) is 180 Å². The molecule has 2 aliphatic heterocycles. The third-order valence-electron chi connectivity index (χ3n) is 12.7. The standard InChI is InChI=1S/C48H61FN4O10S/c1-27(2)61-32-15-13-30(14-16-32)43-50-38-23-41(60-8)37(49)21-36(38)44(51-43)62-33-20-39-40(54)25-48(46(57)52-64(58,59)34-17-18-34)24-31(48)12-10-9-11-28(3)19-29(4)35(45(56)53(39)26-33)22-42(55)63-47(5,6)7/h10,12-16,21,23,27-29,31,33-35,39H,9,11,17-20,22,24-26H2,1-8H3,(H,52,57)/b12-10-/t28-,29+,31+,33+,35-,39-,48+/m0/s1. The highest BCUT2D eigenvalue weighted by Gasteiger charge is 2.61. The number of carbonyl (C=O) groups excluding carboxylic acids is 4. The third-order valence-corrected chi connectivity index (χ3v) is 14.5. The molecule has 2 amide bonds. The van der Waals surface area contributed by atoms with Crippen LogP contribution in [0.25, 0.3) is 22.3 Å². The lowest BCUT2D eigenvalue weighted by Crippen LogP contribution is -2.47. The summed E-state index contributed by atoms with van der Waals surface area (Å²) in [7, 11) is -2.57. The van der Waals surface area contributed by atoms with Crippen molar-refractivity contribution in [2.24, 2.45) is 29.1 Å². The largest absolute Gasteiger partial charge is 0.494 e. The summed E-state index contributed by atoms with van der Waals surface area (Å²) in [5, 5.41) is -0.412. The number of sulfonamides is 1. The first-order valence-corrected chi connectivity index (χ1v) is 24.0. The Morgan fingerprint density at radius 2 is 1.75 bits per heavy atom. The number of Topliss-reactive ketones (excluding diaryl/α,β-unsaturated/α-hetero) is 1. The number of aromatic nitrogens is 2. The van der Waals surface area contributed by atoms with Gasteiger partial charge in [0.15, 0.2) is 23.2 Å². The fourth-order valence-electron chi connectivity index (χ4n) is 9.14. The summed E-state index contributed by atoms with van der Waals surface area (Å²) in [4.78, 5) is 68.4. The van der Waals surface area contributed by atoms with Crippen molar-refractivity contribution in [1.82, 2.24) is 19.6 Å². The van der Waals surface area contributed by atoms with Gasteiger partial charge >= 0.3 is 5.97 Å². The maximum Gasteiger partial charge on any atom is 0.307 e. The zero-order valence-electron chi connectivity index (χ0n) is 38.0. The molecule has 0 bridgehead atoms. The second kappa shape index (κ2) is 18.4. The van der Waals surface area contributed by atoms with Crippen LogP contribution in [-0.2, 0) is 33.9 Å². The van der Waals surface area contributed by atoms with Gasteiger partial charge < -0.3 is 23.8 Å². The smallest absolute Gasteiger partial charge is 0.307 e. The number of halogens is 1. The molecule has 14 nitrogen and oxygen atoms in total. The van der Waals surface area contributed by atoms with Crippen LogP contribution in [0.2, 0.25) is 0 Å². The zero-order valence-corrected chi connectivity index (χ0v) is 38.8. The van der Waals surface area contributed by atoms with Crippen molar-refractivity contribution in [3.63, 3.8) is 0 Å². The highest BCUT2D eigenvalue weighted by atomic mass is 32.2. The molecule has 0 spiro atoms. The molecule has 3 aromatic rings. The average molecular weight is 905 g/mol. The van der Waals surface area contributed by atoms with E-state index in [2.05, 4.69) is 11.6 Å². The Morgan fingerprint density at radius 3 is 2.41 bits per heavy atom. The summed E-state index contributed by atoms with van der Waals surface area (Å²) in [6.45, 7) is 13.0. The quantitative estimate of drug-likeness (QED) is 0.148. The molecule has 4 aliphatic rings. The minimum atomic E-state index is -3.92. The predicted octanol–water partition coefficient (Wildman–Crippen LogP) is 7.51. The number of ether oxygens (including phenoxy) is 4. The molecule has 2 aromatic carbocycles. The second-order valence-corrected chi connectivity index (χ2v) is 21.5. The Morgan fingerprint density at radius 1 is 1.03 bits per heavy atom. The molecule has 7 atom stereocenters. The van der Waals surface area contributed by atoms with Crippen molar-refractivity contribution in [2.75, 3.05) is 13.7 Å². The van der Waals surface area contributed by atoms with Crippen molar-refractivity contribution >= 4 is 44.5 Å². The first-order chi connectivity index (χ1) is 30.2. The van der Waals surface area contributed by atoms with Gasteiger partial charge in [0.2, 0.25) is 27.7 Å². The minimum Gasteiger partial charge on any atom is -0.494 e. The molecule has 1 saturated heterocycles. The molecule has 0 radical (unpaired) electrons. The number of hydrogen-bond acceptors (Lipinski definition) is 12. The van der Waals surface area contributed by atoms with Crippen molar-refractivity contribution in [3.8, 4) is 28.8 Å². The molecule has 2 saturated carbocycles. The van der Waals surface area contributed by atoms with Gasteiger partial charge in [0, 0.05) is 24.5 Å². The summed E-state index contributed by atoms with van der Waals surface area (Å²) in [5.41, 5.74) is -1.20. The number of amides is 2. The molecule has 7 rings (SSSR count). The number of nitrogens with one attached hydrogen (secondary N) is 1.